The van der Waals surface area contributed by atoms with Crippen LogP contribution in [-0.4, -0.2) is 69.2 Å². The molecule has 4 rings (SSSR count). The van der Waals surface area contributed by atoms with Gasteiger partial charge in [-0.05, 0) is 29.8 Å². The topological polar surface area (TPSA) is 86.7 Å². The van der Waals surface area contributed by atoms with E-state index in [0.717, 1.165) is 5.56 Å². The molecule has 2 heterocycles. The van der Waals surface area contributed by atoms with E-state index in [1.807, 2.05) is 6.07 Å². The Morgan fingerprint density at radius 1 is 1.10 bits per heavy atom. The normalized spacial score (nSPS) is 20.6. The molecule has 0 aromatic heterocycles. The predicted octanol–water partition coefficient (Wildman–Crippen LogP) is 2.05. The Labute approximate surface area is 174 Å². The van der Waals surface area contributed by atoms with Crippen molar-refractivity contribution in [2.24, 2.45) is 0 Å². The van der Waals surface area contributed by atoms with Crippen molar-refractivity contribution in [2.75, 3.05) is 47.2 Å². The van der Waals surface area contributed by atoms with Crippen molar-refractivity contribution in [1.29, 1.82) is 0 Å². The van der Waals surface area contributed by atoms with Crippen LogP contribution in [0.25, 0.3) is 0 Å². The summed E-state index contributed by atoms with van der Waals surface area (Å²) < 4.78 is 27.9. The number of methoxy groups -OCH3 is 2. The van der Waals surface area contributed by atoms with Crippen molar-refractivity contribution in [3.63, 3.8) is 0 Å². The van der Waals surface area contributed by atoms with E-state index in [1.165, 1.54) is 0 Å². The molecule has 0 saturated carbocycles. The van der Waals surface area contributed by atoms with Crippen molar-refractivity contribution in [2.45, 2.75) is 12.1 Å². The summed E-state index contributed by atoms with van der Waals surface area (Å²) in [6.07, 6.45) is -0.572. The zero-order valence-electron chi connectivity index (χ0n) is 17.0. The lowest BCUT2D eigenvalue weighted by Gasteiger charge is -2.41. The number of amides is 1. The van der Waals surface area contributed by atoms with Gasteiger partial charge in [-0.3, -0.25) is 4.79 Å². The molecule has 1 saturated heterocycles. The number of benzene rings is 2. The fourth-order valence-corrected chi connectivity index (χ4v) is 3.94. The summed E-state index contributed by atoms with van der Waals surface area (Å²) in [5.74, 6) is 1.92. The van der Waals surface area contributed by atoms with Crippen LogP contribution in [0.3, 0.4) is 0 Å². The number of hydrogen-bond donors (Lipinski definition) is 1. The summed E-state index contributed by atoms with van der Waals surface area (Å²) in [6, 6.07) is 10.2. The summed E-state index contributed by atoms with van der Waals surface area (Å²) in [5.41, 5.74) is 1.21. The van der Waals surface area contributed by atoms with Gasteiger partial charge < -0.3 is 33.7 Å². The molecule has 0 spiro atoms. The lowest BCUT2D eigenvalue weighted by molar-refractivity contribution is -0.0812. The Hall–Kier alpha value is -2.97. The standard InChI is InChI=1S/C22H25NO7/c1-26-16-7-6-14(12-18(16)27-2)20-19(13-24)28-9-8-23(20)22(25)15-4-3-5-17-21(15)30-11-10-29-17/h3-7,12,19-20,24H,8-11,13H2,1-2H3/t19-,20-/m1/s1. The SMILES string of the molecule is COc1ccc([C@@H]2[C@@H](CO)OCCN2C(=O)c2cccc3c2OCCO3)cc1OC. The number of para-hydroxylation sites is 1. The maximum Gasteiger partial charge on any atom is 0.258 e. The first kappa shape index (κ1) is 20.3. The molecule has 0 unspecified atom stereocenters. The smallest absolute Gasteiger partial charge is 0.258 e. The number of aliphatic hydroxyl groups is 1. The second-order valence-electron chi connectivity index (χ2n) is 6.98. The quantitative estimate of drug-likeness (QED) is 0.800. The molecule has 2 aliphatic rings. The Kier molecular flexibility index (Phi) is 5.96. The Morgan fingerprint density at radius 3 is 2.67 bits per heavy atom. The predicted molar refractivity (Wildman–Crippen MR) is 108 cm³/mol. The van der Waals surface area contributed by atoms with Crippen LogP contribution in [0.5, 0.6) is 23.0 Å². The van der Waals surface area contributed by atoms with E-state index in [9.17, 15) is 9.90 Å². The van der Waals surface area contributed by atoms with Crippen molar-refractivity contribution in [1.82, 2.24) is 4.90 Å². The van der Waals surface area contributed by atoms with Gasteiger partial charge in [0.25, 0.3) is 5.91 Å². The van der Waals surface area contributed by atoms with Crippen LogP contribution in [0.15, 0.2) is 36.4 Å². The first-order chi connectivity index (χ1) is 14.7. The third-order valence-corrected chi connectivity index (χ3v) is 5.34. The van der Waals surface area contributed by atoms with Crippen LogP contribution in [-0.2, 0) is 4.74 Å². The minimum atomic E-state index is -0.572. The summed E-state index contributed by atoms with van der Waals surface area (Å²) >= 11 is 0. The maximum atomic E-state index is 13.6. The van der Waals surface area contributed by atoms with E-state index in [-0.39, 0.29) is 12.5 Å². The fourth-order valence-electron chi connectivity index (χ4n) is 3.94. The largest absolute Gasteiger partial charge is 0.493 e. The molecule has 30 heavy (non-hydrogen) atoms. The number of aliphatic hydroxyl groups excluding tert-OH is 1. The minimum Gasteiger partial charge on any atom is -0.493 e. The van der Waals surface area contributed by atoms with Crippen LogP contribution < -0.4 is 18.9 Å². The highest BCUT2D eigenvalue weighted by atomic mass is 16.6. The average molecular weight is 415 g/mol. The molecule has 160 valence electrons. The van der Waals surface area contributed by atoms with Gasteiger partial charge in [0.2, 0.25) is 0 Å². The van der Waals surface area contributed by atoms with Crippen LogP contribution in [0.2, 0.25) is 0 Å². The molecular formula is C22H25NO7. The monoisotopic (exact) mass is 415 g/mol. The Morgan fingerprint density at radius 2 is 1.90 bits per heavy atom. The third kappa shape index (κ3) is 3.64. The number of rotatable bonds is 5. The Bertz CT molecular complexity index is 916. The molecule has 1 N–H and O–H groups in total. The van der Waals surface area contributed by atoms with Crippen molar-refractivity contribution in [3.05, 3.63) is 47.5 Å². The van der Waals surface area contributed by atoms with Gasteiger partial charge >= 0.3 is 0 Å². The lowest BCUT2D eigenvalue weighted by Crippen LogP contribution is -2.49. The lowest BCUT2D eigenvalue weighted by atomic mass is 9.96. The van der Waals surface area contributed by atoms with Crippen LogP contribution in [0, 0.1) is 0 Å². The van der Waals surface area contributed by atoms with E-state index in [2.05, 4.69) is 0 Å². The first-order valence-corrected chi connectivity index (χ1v) is 9.82. The number of morpholine rings is 1. The molecule has 1 amide bonds. The van der Waals surface area contributed by atoms with E-state index < -0.39 is 12.1 Å². The molecule has 8 heteroatoms. The van der Waals surface area contributed by atoms with E-state index in [0.29, 0.717) is 54.9 Å². The molecule has 0 bridgehead atoms. The highest BCUT2D eigenvalue weighted by molar-refractivity contribution is 5.98. The second-order valence-corrected chi connectivity index (χ2v) is 6.98. The van der Waals surface area contributed by atoms with Gasteiger partial charge in [0, 0.05) is 6.54 Å². The summed E-state index contributed by atoms with van der Waals surface area (Å²) in [7, 11) is 3.12. The molecule has 2 aliphatic heterocycles. The van der Waals surface area contributed by atoms with Gasteiger partial charge in [0.1, 0.15) is 19.3 Å². The molecule has 0 radical (unpaired) electrons. The summed E-state index contributed by atoms with van der Waals surface area (Å²) in [4.78, 5) is 15.3. The number of hydrogen-bond acceptors (Lipinski definition) is 7. The summed E-state index contributed by atoms with van der Waals surface area (Å²) in [6.45, 7) is 1.31. The zero-order valence-corrected chi connectivity index (χ0v) is 17.0. The van der Waals surface area contributed by atoms with E-state index in [4.69, 9.17) is 23.7 Å². The molecular weight excluding hydrogens is 390 g/mol. The molecule has 8 nitrogen and oxygen atoms in total. The van der Waals surface area contributed by atoms with Crippen LogP contribution in [0.4, 0.5) is 0 Å². The maximum absolute atomic E-state index is 13.6. The third-order valence-electron chi connectivity index (χ3n) is 5.34. The zero-order chi connectivity index (χ0) is 21.1. The highest BCUT2D eigenvalue weighted by Crippen LogP contribution is 2.39. The van der Waals surface area contributed by atoms with Gasteiger partial charge in [-0.2, -0.15) is 0 Å². The number of nitrogens with zero attached hydrogens (tertiary/aromatic N) is 1. The van der Waals surface area contributed by atoms with Gasteiger partial charge in [-0.1, -0.05) is 12.1 Å². The van der Waals surface area contributed by atoms with Gasteiger partial charge in [-0.25, -0.2) is 0 Å². The van der Waals surface area contributed by atoms with Crippen molar-refractivity contribution < 1.29 is 33.6 Å². The average Bonchev–Trinajstić information content (AvgIpc) is 2.82. The second kappa shape index (κ2) is 8.81. The minimum absolute atomic E-state index is 0.209. The van der Waals surface area contributed by atoms with Crippen molar-refractivity contribution >= 4 is 5.91 Å². The van der Waals surface area contributed by atoms with Crippen molar-refractivity contribution in [3.8, 4) is 23.0 Å². The summed E-state index contributed by atoms with van der Waals surface area (Å²) in [5, 5.41) is 9.95. The molecule has 2 atom stereocenters. The molecule has 0 aliphatic carbocycles. The highest BCUT2D eigenvalue weighted by Gasteiger charge is 2.38. The number of fused-ring (bicyclic) bond motifs is 1. The van der Waals surface area contributed by atoms with Crippen LogP contribution in [0.1, 0.15) is 22.0 Å². The molecule has 1 fully saturated rings. The number of carbonyl (C=O) groups excluding carboxylic acids is 1. The van der Waals surface area contributed by atoms with Gasteiger partial charge in [0.15, 0.2) is 23.0 Å². The van der Waals surface area contributed by atoms with E-state index in [1.54, 1.807) is 49.5 Å². The molecule has 2 aromatic carbocycles. The fraction of sp³-hybridized carbons (Fsp3) is 0.409. The van der Waals surface area contributed by atoms with Gasteiger partial charge in [-0.15, -0.1) is 0 Å². The first-order valence-electron chi connectivity index (χ1n) is 9.82. The Balaban J connectivity index is 1.73. The van der Waals surface area contributed by atoms with Gasteiger partial charge in [0.05, 0.1) is 39.0 Å². The number of carbonyl (C=O) groups is 1. The molecule has 2 aromatic rings. The van der Waals surface area contributed by atoms with E-state index >= 15 is 0 Å². The number of ether oxygens (including phenoxy) is 5. The van der Waals surface area contributed by atoms with Crippen LogP contribution >= 0.6 is 0 Å².